The SMILES string of the molecule is CN(C)C(=O)c1cc(CBr)nc(CCN)c1. The first-order valence-electron chi connectivity index (χ1n) is 5.06. The second-order valence-corrected chi connectivity index (χ2v) is 4.27. The fourth-order valence-electron chi connectivity index (χ4n) is 1.38. The van der Waals surface area contributed by atoms with Crippen molar-refractivity contribution in [2.24, 2.45) is 5.73 Å². The number of carbonyl (C=O) groups is 1. The molecule has 1 aromatic heterocycles. The van der Waals surface area contributed by atoms with Crippen LogP contribution in [0, 0.1) is 0 Å². The van der Waals surface area contributed by atoms with Crippen LogP contribution in [-0.2, 0) is 11.8 Å². The predicted molar refractivity (Wildman–Crippen MR) is 67.6 cm³/mol. The van der Waals surface area contributed by atoms with E-state index in [2.05, 4.69) is 20.9 Å². The lowest BCUT2D eigenvalue weighted by Gasteiger charge is -2.12. The molecule has 0 fully saturated rings. The van der Waals surface area contributed by atoms with Crippen LogP contribution in [0.1, 0.15) is 21.7 Å². The van der Waals surface area contributed by atoms with Gasteiger partial charge in [-0.2, -0.15) is 0 Å². The number of pyridine rings is 1. The van der Waals surface area contributed by atoms with E-state index in [1.807, 2.05) is 0 Å². The molecule has 0 aromatic carbocycles. The number of nitrogens with zero attached hydrogens (tertiary/aromatic N) is 2. The molecule has 5 heteroatoms. The molecule has 1 heterocycles. The highest BCUT2D eigenvalue weighted by molar-refractivity contribution is 9.08. The Kier molecular flexibility index (Phi) is 4.89. The third-order valence-corrected chi connectivity index (χ3v) is 2.70. The van der Waals surface area contributed by atoms with Gasteiger partial charge in [-0.25, -0.2) is 0 Å². The Hall–Kier alpha value is -0.940. The molecule has 0 aliphatic heterocycles. The van der Waals surface area contributed by atoms with Gasteiger partial charge in [-0.15, -0.1) is 0 Å². The minimum absolute atomic E-state index is 0.0112. The van der Waals surface area contributed by atoms with Crippen molar-refractivity contribution in [3.05, 3.63) is 29.1 Å². The monoisotopic (exact) mass is 285 g/mol. The zero-order valence-electron chi connectivity index (χ0n) is 9.53. The topological polar surface area (TPSA) is 59.2 Å². The molecule has 0 bridgehead atoms. The lowest BCUT2D eigenvalue weighted by Crippen LogP contribution is -2.22. The van der Waals surface area contributed by atoms with Gasteiger partial charge in [0, 0.05) is 37.1 Å². The van der Waals surface area contributed by atoms with Crippen molar-refractivity contribution in [2.75, 3.05) is 20.6 Å². The van der Waals surface area contributed by atoms with Crippen molar-refractivity contribution in [3.8, 4) is 0 Å². The van der Waals surface area contributed by atoms with Crippen LogP contribution < -0.4 is 5.73 Å². The van der Waals surface area contributed by atoms with Crippen molar-refractivity contribution in [2.45, 2.75) is 11.8 Å². The van der Waals surface area contributed by atoms with Crippen LogP contribution in [0.2, 0.25) is 0 Å². The van der Waals surface area contributed by atoms with Crippen LogP contribution in [0.5, 0.6) is 0 Å². The van der Waals surface area contributed by atoms with E-state index < -0.39 is 0 Å². The van der Waals surface area contributed by atoms with E-state index in [4.69, 9.17) is 5.73 Å². The van der Waals surface area contributed by atoms with E-state index in [0.717, 1.165) is 11.4 Å². The molecule has 0 spiro atoms. The molecule has 16 heavy (non-hydrogen) atoms. The third-order valence-electron chi connectivity index (χ3n) is 2.12. The largest absolute Gasteiger partial charge is 0.345 e. The summed E-state index contributed by atoms with van der Waals surface area (Å²) in [6.07, 6.45) is 0.689. The highest BCUT2D eigenvalue weighted by atomic mass is 79.9. The van der Waals surface area contributed by atoms with E-state index in [1.165, 1.54) is 0 Å². The summed E-state index contributed by atoms with van der Waals surface area (Å²) in [7, 11) is 3.47. The summed E-state index contributed by atoms with van der Waals surface area (Å²) in [4.78, 5) is 17.8. The lowest BCUT2D eigenvalue weighted by atomic mass is 10.1. The third kappa shape index (κ3) is 3.28. The fraction of sp³-hybridized carbons (Fsp3) is 0.455. The van der Waals surface area contributed by atoms with Crippen molar-refractivity contribution < 1.29 is 4.79 Å². The molecule has 1 amide bonds. The number of carbonyl (C=O) groups excluding carboxylic acids is 1. The maximum absolute atomic E-state index is 11.8. The molecule has 4 nitrogen and oxygen atoms in total. The van der Waals surface area contributed by atoms with Crippen molar-refractivity contribution in [1.29, 1.82) is 0 Å². The van der Waals surface area contributed by atoms with Gasteiger partial charge in [0.2, 0.25) is 0 Å². The molecule has 0 aliphatic rings. The number of alkyl halides is 1. The van der Waals surface area contributed by atoms with Gasteiger partial charge in [0.25, 0.3) is 5.91 Å². The molecule has 0 atom stereocenters. The first-order chi connectivity index (χ1) is 7.58. The molecular weight excluding hydrogens is 270 g/mol. The first kappa shape index (κ1) is 13.1. The van der Waals surface area contributed by atoms with Gasteiger partial charge in [-0.1, -0.05) is 15.9 Å². The predicted octanol–water partition coefficient (Wildman–Crippen LogP) is 1.18. The van der Waals surface area contributed by atoms with Gasteiger partial charge in [0.05, 0.1) is 5.69 Å². The van der Waals surface area contributed by atoms with Gasteiger partial charge in [0.15, 0.2) is 0 Å². The Morgan fingerprint density at radius 3 is 2.56 bits per heavy atom. The fourth-order valence-corrected chi connectivity index (χ4v) is 1.66. The maximum Gasteiger partial charge on any atom is 0.253 e. The summed E-state index contributed by atoms with van der Waals surface area (Å²) < 4.78 is 0. The quantitative estimate of drug-likeness (QED) is 0.846. The van der Waals surface area contributed by atoms with Gasteiger partial charge in [-0.3, -0.25) is 9.78 Å². The molecular formula is C11H16BrN3O. The summed E-state index contributed by atoms with van der Waals surface area (Å²) in [5.41, 5.74) is 7.88. The number of nitrogens with two attached hydrogens (primary N) is 1. The molecule has 1 aromatic rings. The number of aromatic nitrogens is 1. The first-order valence-corrected chi connectivity index (χ1v) is 6.18. The Bertz CT molecular complexity index is 379. The molecule has 0 unspecified atom stereocenters. The average Bonchev–Trinajstić information content (AvgIpc) is 2.27. The standard InChI is InChI=1S/C11H16BrN3O/c1-15(2)11(16)8-5-9(3-4-13)14-10(6-8)7-12/h5-6H,3-4,7,13H2,1-2H3. The molecule has 2 N–H and O–H groups in total. The molecule has 88 valence electrons. The van der Waals surface area contributed by atoms with Crippen molar-refractivity contribution >= 4 is 21.8 Å². The van der Waals surface area contributed by atoms with Crippen LogP contribution >= 0.6 is 15.9 Å². The lowest BCUT2D eigenvalue weighted by molar-refractivity contribution is 0.0827. The van der Waals surface area contributed by atoms with E-state index in [0.29, 0.717) is 23.9 Å². The Balaban J connectivity index is 3.08. The number of amides is 1. The second-order valence-electron chi connectivity index (χ2n) is 3.71. The highest BCUT2D eigenvalue weighted by Gasteiger charge is 2.10. The normalized spacial score (nSPS) is 10.2. The van der Waals surface area contributed by atoms with Crippen molar-refractivity contribution in [1.82, 2.24) is 9.88 Å². The molecule has 0 saturated heterocycles. The van der Waals surface area contributed by atoms with E-state index >= 15 is 0 Å². The number of hydrogen-bond acceptors (Lipinski definition) is 3. The summed E-state index contributed by atoms with van der Waals surface area (Å²) in [5, 5.41) is 0.638. The Morgan fingerprint density at radius 2 is 2.06 bits per heavy atom. The van der Waals surface area contributed by atoms with E-state index in [-0.39, 0.29) is 5.91 Å². The van der Waals surface area contributed by atoms with Crippen LogP contribution in [-0.4, -0.2) is 36.4 Å². The van der Waals surface area contributed by atoms with Crippen molar-refractivity contribution in [3.63, 3.8) is 0 Å². The minimum Gasteiger partial charge on any atom is -0.345 e. The highest BCUT2D eigenvalue weighted by Crippen LogP contribution is 2.11. The average molecular weight is 286 g/mol. The zero-order chi connectivity index (χ0) is 12.1. The number of rotatable bonds is 4. The second kappa shape index (κ2) is 5.96. The van der Waals surface area contributed by atoms with Crippen LogP contribution in [0.3, 0.4) is 0 Å². The molecule has 0 radical (unpaired) electrons. The van der Waals surface area contributed by atoms with Gasteiger partial charge >= 0.3 is 0 Å². The van der Waals surface area contributed by atoms with Crippen LogP contribution in [0.25, 0.3) is 0 Å². The summed E-state index contributed by atoms with van der Waals surface area (Å²) >= 11 is 3.34. The Morgan fingerprint density at radius 1 is 1.44 bits per heavy atom. The molecule has 0 aliphatic carbocycles. The van der Waals surface area contributed by atoms with Gasteiger partial charge < -0.3 is 10.6 Å². The van der Waals surface area contributed by atoms with Gasteiger partial charge in [0.1, 0.15) is 0 Å². The smallest absolute Gasteiger partial charge is 0.253 e. The van der Waals surface area contributed by atoms with E-state index in [1.54, 1.807) is 31.1 Å². The number of hydrogen-bond donors (Lipinski definition) is 1. The van der Waals surface area contributed by atoms with Crippen LogP contribution in [0.15, 0.2) is 12.1 Å². The number of halogens is 1. The minimum atomic E-state index is -0.0112. The molecule has 1 rings (SSSR count). The van der Waals surface area contributed by atoms with E-state index in [9.17, 15) is 4.79 Å². The summed E-state index contributed by atoms with van der Waals surface area (Å²) in [6, 6.07) is 3.61. The van der Waals surface area contributed by atoms with Gasteiger partial charge in [-0.05, 0) is 18.7 Å². The summed E-state index contributed by atoms with van der Waals surface area (Å²) in [5.74, 6) is -0.0112. The summed E-state index contributed by atoms with van der Waals surface area (Å²) in [6.45, 7) is 0.536. The maximum atomic E-state index is 11.8. The zero-order valence-corrected chi connectivity index (χ0v) is 11.1. The van der Waals surface area contributed by atoms with Crippen LogP contribution in [0.4, 0.5) is 0 Å². The molecule has 0 saturated carbocycles. The Labute approximate surface area is 104 Å².